The fourth-order valence-electron chi connectivity index (χ4n) is 0.966. The number of phenols is 1. The molecular formula is C10H13NO3. The second-order valence-electron chi connectivity index (χ2n) is 3.10. The van der Waals surface area contributed by atoms with Gasteiger partial charge in [-0.1, -0.05) is 0 Å². The lowest BCUT2D eigenvalue weighted by atomic mass is 10.2. The molecule has 0 spiro atoms. The lowest BCUT2D eigenvalue weighted by Gasteiger charge is -2.10. The van der Waals surface area contributed by atoms with Crippen LogP contribution in [0.25, 0.3) is 0 Å². The molecule has 1 aromatic carbocycles. The molecule has 1 atom stereocenters. The van der Waals surface area contributed by atoms with Crippen LogP contribution in [-0.2, 0) is 0 Å². The molecule has 76 valence electrons. The van der Waals surface area contributed by atoms with E-state index in [0.717, 1.165) is 0 Å². The molecule has 0 aliphatic carbocycles. The summed E-state index contributed by atoms with van der Waals surface area (Å²) in [5.41, 5.74) is 0.461. The first-order chi connectivity index (χ1) is 6.63. The summed E-state index contributed by atoms with van der Waals surface area (Å²) in [6, 6.07) is 5.66. The molecule has 0 bridgehead atoms. The summed E-state index contributed by atoms with van der Waals surface area (Å²) in [5, 5.41) is 20.3. The largest absolute Gasteiger partial charge is 0.508 e. The predicted molar refractivity (Wildman–Crippen MR) is 52.1 cm³/mol. The maximum Gasteiger partial charge on any atom is 0.251 e. The van der Waals surface area contributed by atoms with Crippen molar-refractivity contribution in [3.63, 3.8) is 0 Å². The van der Waals surface area contributed by atoms with Gasteiger partial charge < -0.3 is 15.5 Å². The van der Waals surface area contributed by atoms with Gasteiger partial charge in [0.15, 0.2) is 0 Å². The normalized spacial score (nSPS) is 12.1. The zero-order valence-electron chi connectivity index (χ0n) is 7.90. The summed E-state index contributed by atoms with van der Waals surface area (Å²) < 4.78 is 0. The Morgan fingerprint density at radius 1 is 1.43 bits per heavy atom. The molecule has 0 aliphatic rings. The summed E-state index contributed by atoms with van der Waals surface area (Å²) in [6.45, 7) is 1.61. The third-order valence-corrected chi connectivity index (χ3v) is 1.78. The van der Waals surface area contributed by atoms with Crippen molar-refractivity contribution >= 4 is 5.91 Å². The van der Waals surface area contributed by atoms with Gasteiger partial charge in [0.05, 0.1) is 6.61 Å². The highest BCUT2D eigenvalue weighted by molar-refractivity contribution is 5.94. The van der Waals surface area contributed by atoms with Gasteiger partial charge in [-0.25, -0.2) is 0 Å². The van der Waals surface area contributed by atoms with Crippen LogP contribution in [0.4, 0.5) is 0 Å². The summed E-state index contributed by atoms with van der Waals surface area (Å²) >= 11 is 0. The van der Waals surface area contributed by atoms with Crippen LogP contribution in [0.5, 0.6) is 5.75 Å². The van der Waals surface area contributed by atoms with E-state index in [1.165, 1.54) is 24.3 Å². The molecule has 0 aromatic heterocycles. The fraction of sp³-hybridized carbons (Fsp3) is 0.300. The van der Waals surface area contributed by atoms with Crippen LogP contribution < -0.4 is 5.32 Å². The SMILES string of the molecule is CC(CO)NC(=O)c1ccc(O)cc1. The van der Waals surface area contributed by atoms with Crippen molar-refractivity contribution in [1.82, 2.24) is 5.32 Å². The molecule has 1 unspecified atom stereocenters. The van der Waals surface area contributed by atoms with Gasteiger partial charge in [0, 0.05) is 11.6 Å². The van der Waals surface area contributed by atoms with Crippen LogP contribution in [0.1, 0.15) is 17.3 Å². The summed E-state index contributed by atoms with van der Waals surface area (Å²) in [5.74, 6) is -0.136. The van der Waals surface area contributed by atoms with Crippen LogP contribution in [0.3, 0.4) is 0 Å². The standard InChI is InChI=1S/C10H13NO3/c1-7(6-12)11-10(14)8-2-4-9(13)5-3-8/h2-5,7,12-13H,6H2,1H3,(H,11,14). The van der Waals surface area contributed by atoms with Gasteiger partial charge in [-0.05, 0) is 31.2 Å². The number of nitrogens with one attached hydrogen (secondary N) is 1. The van der Waals surface area contributed by atoms with Crippen LogP contribution in [0, 0.1) is 0 Å². The molecule has 14 heavy (non-hydrogen) atoms. The number of carbonyl (C=O) groups excluding carboxylic acids is 1. The highest BCUT2D eigenvalue weighted by Gasteiger charge is 2.07. The van der Waals surface area contributed by atoms with E-state index in [1.54, 1.807) is 6.92 Å². The Balaban J connectivity index is 2.65. The van der Waals surface area contributed by atoms with E-state index in [1.807, 2.05) is 0 Å². The number of benzene rings is 1. The molecule has 0 saturated carbocycles. The minimum Gasteiger partial charge on any atom is -0.508 e. The maximum absolute atomic E-state index is 11.4. The smallest absolute Gasteiger partial charge is 0.251 e. The van der Waals surface area contributed by atoms with Crippen LogP contribution in [0.2, 0.25) is 0 Å². The summed E-state index contributed by atoms with van der Waals surface area (Å²) in [7, 11) is 0. The number of amides is 1. The molecule has 4 heteroatoms. The fourth-order valence-corrected chi connectivity index (χ4v) is 0.966. The number of aromatic hydroxyl groups is 1. The molecule has 0 heterocycles. The second-order valence-corrected chi connectivity index (χ2v) is 3.10. The Bertz CT molecular complexity index is 308. The van der Waals surface area contributed by atoms with E-state index >= 15 is 0 Å². The first-order valence-corrected chi connectivity index (χ1v) is 4.34. The third kappa shape index (κ3) is 2.74. The zero-order chi connectivity index (χ0) is 10.6. The monoisotopic (exact) mass is 195 g/mol. The number of phenolic OH excluding ortho intramolecular Hbond substituents is 1. The third-order valence-electron chi connectivity index (χ3n) is 1.78. The number of aliphatic hydroxyl groups is 1. The number of rotatable bonds is 3. The maximum atomic E-state index is 11.4. The van der Waals surface area contributed by atoms with E-state index < -0.39 is 0 Å². The van der Waals surface area contributed by atoms with Gasteiger partial charge in [0.1, 0.15) is 5.75 Å². The Morgan fingerprint density at radius 3 is 2.50 bits per heavy atom. The molecule has 0 saturated heterocycles. The first kappa shape index (κ1) is 10.5. The Hall–Kier alpha value is -1.55. The first-order valence-electron chi connectivity index (χ1n) is 4.34. The molecule has 0 aliphatic heterocycles. The predicted octanol–water partition coefficient (Wildman–Crippen LogP) is 0.503. The average Bonchev–Trinajstić information content (AvgIpc) is 2.18. The van der Waals surface area contributed by atoms with Crippen molar-refractivity contribution in [3.8, 4) is 5.75 Å². The average molecular weight is 195 g/mol. The highest BCUT2D eigenvalue weighted by atomic mass is 16.3. The Labute approximate surface area is 82.2 Å². The summed E-state index contributed by atoms with van der Waals surface area (Å²) in [6.07, 6.45) is 0. The molecule has 1 amide bonds. The van der Waals surface area contributed by atoms with Crippen molar-refractivity contribution < 1.29 is 15.0 Å². The van der Waals surface area contributed by atoms with Crippen LogP contribution >= 0.6 is 0 Å². The molecule has 1 rings (SSSR count). The minimum atomic E-state index is -0.267. The minimum absolute atomic E-state index is 0.0934. The summed E-state index contributed by atoms with van der Waals surface area (Å²) in [4.78, 5) is 11.4. The van der Waals surface area contributed by atoms with Gasteiger partial charge in [0.25, 0.3) is 5.91 Å². The Morgan fingerprint density at radius 2 is 2.00 bits per heavy atom. The zero-order valence-corrected chi connectivity index (χ0v) is 7.90. The second kappa shape index (κ2) is 4.62. The van der Waals surface area contributed by atoms with Crippen molar-refractivity contribution in [1.29, 1.82) is 0 Å². The van der Waals surface area contributed by atoms with E-state index in [4.69, 9.17) is 10.2 Å². The number of hydrogen-bond acceptors (Lipinski definition) is 3. The number of aliphatic hydroxyl groups excluding tert-OH is 1. The van der Waals surface area contributed by atoms with Crippen molar-refractivity contribution in [2.75, 3.05) is 6.61 Å². The molecule has 1 aromatic rings. The highest BCUT2D eigenvalue weighted by Crippen LogP contribution is 2.09. The van der Waals surface area contributed by atoms with Gasteiger partial charge in [-0.15, -0.1) is 0 Å². The van der Waals surface area contributed by atoms with Crippen molar-refractivity contribution in [3.05, 3.63) is 29.8 Å². The quantitative estimate of drug-likeness (QED) is 0.658. The van der Waals surface area contributed by atoms with Gasteiger partial charge in [0.2, 0.25) is 0 Å². The molecule has 3 N–H and O–H groups in total. The number of hydrogen-bond donors (Lipinski definition) is 3. The Kier molecular flexibility index (Phi) is 3.48. The van der Waals surface area contributed by atoms with Gasteiger partial charge >= 0.3 is 0 Å². The van der Waals surface area contributed by atoms with Crippen LogP contribution in [-0.4, -0.2) is 28.8 Å². The van der Waals surface area contributed by atoms with E-state index in [9.17, 15) is 4.79 Å². The number of carbonyl (C=O) groups is 1. The topological polar surface area (TPSA) is 69.6 Å². The van der Waals surface area contributed by atoms with Crippen molar-refractivity contribution in [2.45, 2.75) is 13.0 Å². The van der Waals surface area contributed by atoms with Crippen molar-refractivity contribution in [2.24, 2.45) is 0 Å². The van der Waals surface area contributed by atoms with Gasteiger partial charge in [-0.2, -0.15) is 0 Å². The van der Waals surface area contributed by atoms with Gasteiger partial charge in [-0.3, -0.25) is 4.79 Å². The lowest BCUT2D eigenvalue weighted by Crippen LogP contribution is -2.34. The molecule has 4 nitrogen and oxygen atoms in total. The lowest BCUT2D eigenvalue weighted by molar-refractivity contribution is 0.0922. The molecule has 0 fully saturated rings. The van der Waals surface area contributed by atoms with E-state index in [-0.39, 0.29) is 24.3 Å². The van der Waals surface area contributed by atoms with Crippen LogP contribution in [0.15, 0.2) is 24.3 Å². The van der Waals surface area contributed by atoms with E-state index in [0.29, 0.717) is 5.56 Å². The van der Waals surface area contributed by atoms with E-state index in [2.05, 4.69) is 5.32 Å². The molecular weight excluding hydrogens is 182 g/mol. The molecule has 0 radical (unpaired) electrons.